The predicted octanol–water partition coefficient (Wildman–Crippen LogP) is 1.21. The minimum absolute atomic E-state index is 0.409. The summed E-state index contributed by atoms with van der Waals surface area (Å²) < 4.78 is 10.9. The van der Waals surface area contributed by atoms with E-state index in [1.807, 2.05) is 13.0 Å². The number of hydrogen-bond donors (Lipinski definition) is 2. The van der Waals surface area contributed by atoms with Crippen molar-refractivity contribution >= 4 is 11.1 Å². The fourth-order valence-corrected chi connectivity index (χ4v) is 2.34. The molecule has 0 bridgehead atoms. The second-order valence-corrected chi connectivity index (χ2v) is 4.89. The first-order valence-electron chi connectivity index (χ1n) is 6.69. The molecule has 0 saturated carbocycles. The molecule has 2 heterocycles. The Morgan fingerprint density at radius 1 is 1.47 bits per heavy atom. The fourth-order valence-electron chi connectivity index (χ4n) is 2.34. The molecule has 1 aromatic heterocycles. The molecule has 5 nitrogen and oxygen atoms in total. The van der Waals surface area contributed by atoms with E-state index in [4.69, 9.17) is 9.15 Å². The Balaban J connectivity index is 1.55. The first-order chi connectivity index (χ1) is 9.31. The van der Waals surface area contributed by atoms with Crippen molar-refractivity contribution in [3.63, 3.8) is 0 Å². The summed E-state index contributed by atoms with van der Waals surface area (Å²) in [5.74, 6) is 0.712. The van der Waals surface area contributed by atoms with Gasteiger partial charge in [-0.3, -0.25) is 0 Å². The van der Waals surface area contributed by atoms with Gasteiger partial charge in [0.25, 0.3) is 0 Å². The van der Waals surface area contributed by atoms with Gasteiger partial charge in [-0.1, -0.05) is 6.07 Å². The molecule has 1 saturated heterocycles. The van der Waals surface area contributed by atoms with Crippen molar-refractivity contribution in [1.29, 1.82) is 0 Å². The molecule has 19 heavy (non-hydrogen) atoms. The number of morpholine rings is 1. The van der Waals surface area contributed by atoms with Crippen LogP contribution in [-0.2, 0) is 11.3 Å². The number of rotatable bonds is 4. The summed E-state index contributed by atoms with van der Waals surface area (Å²) in [6.45, 7) is 6.16. The third-order valence-electron chi connectivity index (χ3n) is 3.28. The minimum Gasteiger partial charge on any atom is -0.441 e. The maximum absolute atomic E-state index is 5.46. The van der Waals surface area contributed by atoms with Gasteiger partial charge in [-0.25, -0.2) is 4.98 Å². The lowest BCUT2D eigenvalue weighted by molar-refractivity contribution is 0.0766. The van der Waals surface area contributed by atoms with Crippen molar-refractivity contribution in [2.24, 2.45) is 0 Å². The van der Waals surface area contributed by atoms with Crippen molar-refractivity contribution in [2.75, 3.05) is 26.3 Å². The highest BCUT2D eigenvalue weighted by Crippen LogP contribution is 2.16. The van der Waals surface area contributed by atoms with Gasteiger partial charge in [-0.2, -0.15) is 0 Å². The van der Waals surface area contributed by atoms with Crippen LogP contribution in [-0.4, -0.2) is 37.3 Å². The van der Waals surface area contributed by atoms with E-state index in [1.165, 1.54) is 5.56 Å². The largest absolute Gasteiger partial charge is 0.441 e. The number of nitrogens with one attached hydrogen (secondary N) is 2. The van der Waals surface area contributed by atoms with Crippen LogP contribution in [0, 0.1) is 6.92 Å². The summed E-state index contributed by atoms with van der Waals surface area (Å²) in [6, 6.07) is 6.54. The van der Waals surface area contributed by atoms with Gasteiger partial charge in [0.2, 0.25) is 0 Å². The molecule has 1 atom stereocenters. The molecule has 1 aliphatic heterocycles. The van der Waals surface area contributed by atoms with Crippen LogP contribution in [0.2, 0.25) is 0 Å². The van der Waals surface area contributed by atoms with Crippen LogP contribution in [0.25, 0.3) is 11.1 Å². The van der Waals surface area contributed by atoms with Crippen LogP contribution in [0.15, 0.2) is 22.6 Å². The first kappa shape index (κ1) is 12.6. The van der Waals surface area contributed by atoms with Crippen LogP contribution in [0.4, 0.5) is 0 Å². The van der Waals surface area contributed by atoms with Crippen molar-refractivity contribution in [3.8, 4) is 0 Å². The molecule has 0 aliphatic carbocycles. The molecular weight excluding hydrogens is 242 g/mol. The normalized spacial score (nSPS) is 19.9. The average Bonchev–Trinajstić information content (AvgIpc) is 2.79. The molecular formula is C14H19N3O2. The number of aromatic nitrogens is 1. The Morgan fingerprint density at radius 2 is 2.42 bits per heavy atom. The zero-order valence-electron chi connectivity index (χ0n) is 11.1. The smallest absolute Gasteiger partial charge is 0.192 e. The van der Waals surface area contributed by atoms with Crippen molar-refractivity contribution in [3.05, 3.63) is 29.7 Å². The van der Waals surface area contributed by atoms with E-state index in [0.29, 0.717) is 11.9 Å². The quantitative estimate of drug-likeness (QED) is 0.866. The summed E-state index contributed by atoms with van der Waals surface area (Å²) >= 11 is 0. The zero-order chi connectivity index (χ0) is 13.1. The molecule has 5 heteroatoms. The predicted molar refractivity (Wildman–Crippen MR) is 73.1 cm³/mol. The van der Waals surface area contributed by atoms with Gasteiger partial charge in [0, 0.05) is 32.6 Å². The summed E-state index contributed by atoms with van der Waals surface area (Å²) in [5, 5.41) is 6.87. The summed E-state index contributed by atoms with van der Waals surface area (Å²) in [7, 11) is 0. The average molecular weight is 261 g/mol. The number of nitrogens with zero attached hydrogens (tertiary/aromatic N) is 1. The zero-order valence-corrected chi connectivity index (χ0v) is 11.1. The van der Waals surface area contributed by atoms with E-state index in [9.17, 15) is 0 Å². The van der Waals surface area contributed by atoms with E-state index < -0.39 is 0 Å². The lowest BCUT2D eigenvalue weighted by Gasteiger charge is -2.24. The molecule has 3 rings (SSSR count). The lowest BCUT2D eigenvalue weighted by Crippen LogP contribution is -2.47. The maximum atomic E-state index is 5.46. The van der Waals surface area contributed by atoms with Gasteiger partial charge in [0.05, 0.1) is 13.2 Å². The second kappa shape index (κ2) is 5.69. The molecule has 2 aromatic rings. The molecule has 1 unspecified atom stereocenters. The highest BCUT2D eigenvalue weighted by atomic mass is 16.5. The van der Waals surface area contributed by atoms with E-state index in [0.717, 1.165) is 43.9 Å². The van der Waals surface area contributed by atoms with E-state index in [1.54, 1.807) is 0 Å². The third kappa shape index (κ3) is 3.12. The lowest BCUT2D eigenvalue weighted by atomic mass is 10.2. The van der Waals surface area contributed by atoms with E-state index in [2.05, 4.69) is 27.8 Å². The van der Waals surface area contributed by atoms with Crippen LogP contribution in [0.5, 0.6) is 0 Å². The Kier molecular flexibility index (Phi) is 3.77. The van der Waals surface area contributed by atoms with Gasteiger partial charge in [-0.15, -0.1) is 0 Å². The van der Waals surface area contributed by atoms with E-state index >= 15 is 0 Å². The molecule has 1 aromatic carbocycles. The number of aryl methyl sites for hydroxylation is 1. The SMILES string of the molecule is Cc1nc2cc(CNCC3COCCN3)ccc2o1. The Bertz CT molecular complexity index is 547. The van der Waals surface area contributed by atoms with Crippen LogP contribution in [0.1, 0.15) is 11.5 Å². The first-order valence-corrected chi connectivity index (χ1v) is 6.69. The van der Waals surface area contributed by atoms with Crippen LogP contribution >= 0.6 is 0 Å². The van der Waals surface area contributed by atoms with Crippen LogP contribution in [0.3, 0.4) is 0 Å². The number of benzene rings is 1. The maximum Gasteiger partial charge on any atom is 0.192 e. The molecule has 0 amide bonds. The van der Waals surface area contributed by atoms with Gasteiger partial charge in [-0.05, 0) is 17.7 Å². The molecule has 0 spiro atoms. The monoisotopic (exact) mass is 261 g/mol. The van der Waals surface area contributed by atoms with Crippen molar-refractivity contribution in [1.82, 2.24) is 15.6 Å². The highest BCUT2D eigenvalue weighted by Gasteiger charge is 2.12. The van der Waals surface area contributed by atoms with Gasteiger partial charge in [0.15, 0.2) is 11.5 Å². The molecule has 2 N–H and O–H groups in total. The van der Waals surface area contributed by atoms with Crippen LogP contribution < -0.4 is 10.6 Å². The molecule has 102 valence electrons. The second-order valence-electron chi connectivity index (χ2n) is 4.89. The van der Waals surface area contributed by atoms with Gasteiger partial charge >= 0.3 is 0 Å². The summed E-state index contributed by atoms with van der Waals surface area (Å²) in [5.41, 5.74) is 3.00. The molecule has 1 aliphatic rings. The molecule has 1 fully saturated rings. The number of ether oxygens (including phenoxy) is 1. The molecule has 0 radical (unpaired) electrons. The number of fused-ring (bicyclic) bond motifs is 1. The van der Waals surface area contributed by atoms with Crippen molar-refractivity contribution in [2.45, 2.75) is 19.5 Å². The van der Waals surface area contributed by atoms with Gasteiger partial charge < -0.3 is 19.8 Å². The fraction of sp³-hybridized carbons (Fsp3) is 0.500. The summed E-state index contributed by atoms with van der Waals surface area (Å²) in [4.78, 5) is 4.34. The number of hydrogen-bond acceptors (Lipinski definition) is 5. The minimum atomic E-state index is 0.409. The Hall–Kier alpha value is -1.43. The third-order valence-corrected chi connectivity index (χ3v) is 3.28. The Labute approximate surface area is 112 Å². The van der Waals surface area contributed by atoms with E-state index in [-0.39, 0.29) is 0 Å². The highest BCUT2D eigenvalue weighted by molar-refractivity contribution is 5.73. The standard InChI is InChI=1S/C14H19N3O2/c1-10-17-13-6-11(2-3-14(13)19-10)7-15-8-12-9-18-5-4-16-12/h2-3,6,12,15-16H,4-5,7-9H2,1H3. The van der Waals surface area contributed by atoms with Gasteiger partial charge in [0.1, 0.15) is 5.52 Å². The topological polar surface area (TPSA) is 59.3 Å². The summed E-state index contributed by atoms with van der Waals surface area (Å²) in [6.07, 6.45) is 0. The Morgan fingerprint density at radius 3 is 3.26 bits per heavy atom. The van der Waals surface area contributed by atoms with Crippen molar-refractivity contribution < 1.29 is 9.15 Å². The number of oxazole rings is 1.